The predicted octanol–water partition coefficient (Wildman–Crippen LogP) is 3.88. The Bertz CT molecular complexity index is 601. The van der Waals surface area contributed by atoms with Crippen LogP contribution in [0.2, 0.25) is 0 Å². The standard InChI is InChI=1S/C19H26N2O2S/c1-13-11-16(24-15-5-3-2-4-6-15)8-9-17(13)21-19(23)14-7-10-18(22)20-12-14/h8-9,11,14-15H,2-7,10,12H2,1H3,(H,20,22)(H,21,23)/t14-/m1/s1. The molecule has 0 aromatic heterocycles. The van der Waals surface area contributed by atoms with Gasteiger partial charge in [-0.2, -0.15) is 0 Å². The van der Waals surface area contributed by atoms with Gasteiger partial charge < -0.3 is 10.6 Å². The lowest BCUT2D eigenvalue weighted by Gasteiger charge is -2.23. The molecule has 2 N–H and O–H groups in total. The third-order valence-electron chi connectivity index (χ3n) is 4.95. The normalized spacial score (nSPS) is 22.0. The number of anilines is 1. The number of amides is 2. The van der Waals surface area contributed by atoms with Crippen molar-refractivity contribution in [1.29, 1.82) is 0 Å². The summed E-state index contributed by atoms with van der Waals surface area (Å²) in [6.07, 6.45) is 7.78. The average molecular weight is 346 g/mol. The van der Waals surface area contributed by atoms with Crippen molar-refractivity contribution in [2.24, 2.45) is 5.92 Å². The van der Waals surface area contributed by atoms with Crippen LogP contribution in [0, 0.1) is 12.8 Å². The largest absolute Gasteiger partial charge is 0.355 e. The van der Waals surface area contributed by atoms with E-state index in [0.717, 1.165) is 16.5 Å². The minimum absolute atomic E-state index is 0.00536. The molecule has 1 aromatic carbocycles. The molecular formula is C19H26N2O2S. The summed E-state index contributed by atoms with van der Waals surface area (Å²) in [5.74, 6) is -0.0801. The van der Waals surface area contributed by atoms with E-state index in [-0.39, 0.29) is 17.7 Å². The fourth-order valence-corrected chi connectivity index (χ4v) is 4.76. The van der Waals surface area contributed by atoms with Gasteiger partial charge in [0.2, 0.25) is 11.8 Å². The van der Waals surface area contributed by atoms with Gasteiger partial charge in [0.05, 0.1) is 5.92 Å². The molecule has 5 heteroatoms. The molecule has 2 fully saturated rings. The molecule has 1 saturated carbocycles. The van der Waals surface area contributed by atoms with Crippen molar-refractivity contribution in [2.45, 2.75) is 62.0 Å². The second-order valence-corrected chi connectivity index (χ2v) is 8.26. The molecule has 4 nitrogen and oxygen atoms in total. The third kappa shape index (κ3) is 4.53. The summed E-state index contributed by atoms with van der Waals surface area (Å²) in [6.45, 7) is 2.49. The summed E-state index contributed by atoms with van der Waals surface area (Å²) in [7, 11) is 0. The first-order chi connectivity index (χ1) is 11.6. The van der Waals surface area contributed by atoms with Gasteiger partial charge in [-0.25, -0.2) is 0 Å². The van der Waals surface area contributed by atoms with Crippen molar-refractivity contribution in [3.63, 3.8) is 0 Å². The van der Waals surface area contributed by atoms with Crippen LogP contribution in [-0.4, -0.2) is 23.6 Å². The SMILES string of the molecule is Cc1cc(SC2CCCCC2)ccc1NC(=O)[C@@H]1CCC(=O)NC1. The Balaban J connectivity index is 1.58. The Kier molecular flexibility index (Phi) is 5.82. The lowest BCUT2D eigenvalue weighted by Crippen LogP contribution is -2.40. The van der Waals surface area contributed by atoms with Gasteiger partial charge >= 0.3 is 0 Å². The molecule has 2 aliphatic rings. The smallest absolute Gasteiger partial charge is 0.229 e. The van der Waals surface area contributed by atoms with Crippen LogP contribution in [0.1, 0.15) is 50.5 Å². The topological polar surface area (TPSA) is 58.2 Å². The number of nitrogens with one attached hydrogen (secondary N) is 2. The van der Waals surface area contributed by atoms with Crippen molar-refractivity contribution < 1.29 is 9.59 Å². The van der Waals surface area contributed by atoms with Crippen LogP contribution in [0.25, 0.3) is 0 Å². The molecule has 1 saturated heterocycles. The number of carbonyl (C=O) groups is 2. The molecule has 0 unspecified atom stereocenters. The second kappa shape index (κ2) is 8.06. The van der Waals surface area contributed by atoms with Gasteiger partial charge in [0.1, 0.15) is 0 Å². The number of benzene rings is 1. The summed E-state index contributed by atoms with van der Waals surface area (Å²) in [5, 5.41) is 6.53. The number of aryl methyl sites for hydroxylation is 1. The summed E-state index contributed by atoms with van der Waals surface area (Å²) >= 11 is 1.97. The molecule has 3 rings (SSSR count). The van der Waals surface area contributed by atoms with Crippen LogP contribution in [0.3, 0.4) is 0 Å². The van der Waals surface area contributed by atoms with Crippen LogP contribution < -0.4 is 10.6 Å². The van der Waals surface area contributed by atoms with Gasteiger partial charge in [-0.1, -0.05) is 19.3 Å². The lowest BCUT2D eigenvalue weighted by molar-refractivity contribution is -0.126. The maximum Gasteiger partial charge on any atom is 0.229 e. The van der Waals surface area contributed by atoms with Crippen LogP contribution in [-0.2, 0) is 9.59 Å². The lowest BCUT2D eigenvalue weighted by atomic mass is 9.98. The first-order valence-corrected chi connectivity index (χ1v) is 9.84. The summed E-state index contributed by atoms with van der Waals surface area (Å²) in [4.78, 5) is 24.9. The van der Waals surface area contributed by atoms with E-state index >= 15 is 0 Å². The molecule has 1 heterocycles. The van der Waals surface area contributed by atoms with E-state index in [0.29, 0.717) is 19.4 Å². The van der Waals surface area contributed by atoms with Gasteiger partial charge in [-0.05, 0) is 49.9 Å². The monoisotopic (exact) mass is 346 g/mol. The van der Waals surface area contributed by atoms with E-state index in [1.165, 1.54) is 37.0 Å². The molecule has 24 heavy (non-hydrogen) atoms. The highest BCUT2D eigenvalue weighted by atomic mass is 32.2. The fraction of sp³-hybridized carbons (Fsp3) is 0.579. The number of piperidine rings is 1. The zero-order valence-electron chi connectivity index (χ0n) is 14.3. The highest BCUT2D eigenvalue weighted by molar-refractivity contribution is 8.00. The summed E-state index contributed by atoms with van der Waals surface area (Å²) in [5.41, 5.74) is 1.98. The Labute approximate surface area is 148 Å². The quantitative estimate of drug-likeness (QED) is 0.870. The molecule has 0 radical (unpaired) electrons. The van der Waals surface area contributed by atoms with Crippen molar-refractivity contribution in [3.8, 4) is 0 Å². The van der Waals surface area contributed by atoms with Crippen LogP contribution >= 0.6 is 11.8 Å². The molecule has 1 aliphatic carbocycles. The van der Waals surface area contributed by atoms with Crippen molar-refractivity contribution in [1.82, 2.24) is 5.32 Å². The Morgan fingerprint density at radius 3 is 2.67 bits per heavy atom. The predicted molar refractivity (Wildman–Crippen MR) is 98.3 cm³/mol. The van der Waals surface area contributed by atoms with E-state index in [1.807, 2.05) is 24.8 Å². The number of carbonyl (C=O) groups excluding carboxylic acids is 2. The van der Waals surface area contributed by atoms with Crippen molar-refractivity contribution in [2.75, 3.05) is 11.9 Å². The van der Waals surface area contributed by atoms with E-state index in [9.17, 15) is 9.59 Å². The van der Waals surface area contributed by atoms with Crippen LogP contribution in [0.4, 0.5) is 5.69 Å². The Hall–Kier alpha value is -1.49. The van der Waals surface area contributed by atoms with Gasteiger partial charge in [0.25, 0.3) is 0 Å². The van der Waals surface area contributed by atoms with Gasteiger partial charge in [-0.3, -0.25) is 9.59 Å². The molecule has 2 amide bonds. The Morgan fingerprint density at radius 1 is 1.21 bits per heavy atom. The maximum absolute atomic E-state index is 12.4. The zero-order chi connectivity index (χ0) is 16.9. The van der Waals surface area contributed by atoms with Crippen LogP contribution in [0.5, 0.6) is 0 Å². The zero-order valence-corrected chi connectivity index (χ0v) is 15.1. The minimum Gasteiger partial charge on any atom is -0.355 e. The maximum atomic E-state index is 12.4. The van der Waals surface area contributed by atoms with E-state index in [4.69, 9.17) is 0 Å². The second-order valence-electron chi connectivity index (χ2n) is 6.88. The van der Waals surface area contributed by atoms with E-state index in [2.05, 4.69) is 22.8 Å². The molecule has 0 spiro atoms. The number of rotatable bonds is 4. The first-order valence-electron chi connectivity index (χ1n) is 8.96. The third-order valence-corrected chi connectivity index (χ3v) is 6.28. The molecule has 1 aromatic rings. The number of thioether (sulfide) groups is 1. The highest BCUT2D eigenvalue weighted by Crippen LogP contribution is 2.35. The fourth-order valence-electron chi connectivity index (χ4n) is 3.42. The van der Waals surface area contributed by atoms with Gasteiger partial charge in [0, 0.05) is 28.8 Å². The van der Waals surface area contributed by atoms with E-state index < -0.39 is 0 Å². The van der Waals surface area contributed by atoms with Gasteiger partial charge in [0.15, 0.2) is 0 Å². The summed E-state index contributed by atoms with van der Waals surface area (Å²) < 4.78 is 0. The molecule has 0 bridgehead atoms. The average Bonchev–Trinajstić information content (AvgIpc) is 2.59. The number of hydrogen-bond donors (Lipinski definition) is 2. The molecular weight excluding hydrogens is 320 g/mol. The highest BCUT2D eigenvalue weighted by Gasteiger charge is 2.24. The van der Waals surface area contributed by atoms with Gasteiger partial charge in [-0.15, -0.1) is 11.8 Å². The molecule has 1 aliphatic heterocycles. The molecule has 130 valence electrons. The summed E-state index contributed by atoms with van der Waals surface area (Å²) in [6, 6.07) is 6.31. The minimum atomic E-state index is -0.126. The Morgan fingerprint density at radius 2 is 2.00 bits per heavy atom. The first kappa shape index (κ1) is 17.3. The van der Waals surface area contributed by atoms with Crippen molar-refractivity contribution >= 4 is 29.3 Å². The van der Waals surface area contributed by atoms with E-state index in [1.54, 1.807) is 0 Å². The number of hydrogen-bond acceptors (Lipinski definition) is 3. The van der Waals surface area contributed by atoms with Crippen LogP contribution in [0.15, 0.2) is 23.1 Å². The van der Waals surface area contributed by atoms with Crippen molar-refractivity contribution in [3.05, 3.63) is 23.8 Å². The molecule has 1 atom stereocenters.